The smallest absolute Gasteiger partial charge is 0.314 e. The minimum absolute atomic E-state index is 0.0813. The zero-order valence-corrected chi connectivity index (χ0v) is 19.2. The molecule has 1 aliphatic heterocycles. The lowest BCUT2D eigenvalue weighted by atomic mass is 9.86. The number of hydrogen-bond donors (Lipinski definition) is 1. The Kier molecular flexibility index (Phi) is 6.89. The van der Waals surface area contributed by atoms with Crippen molar-refractivity contribution in [3.63, 3.8) is 0 Å². The third-order valence-electron chi connectivity index (χ3n) is 6.69. The first-order valence-electron chi connectivity index (χ1n) is 11.2. The summed E-state index contributed by atoms with van der Waals surface area (Å²) in [6.07, 6.45) is 5.06. The quantitative estimate of drug-likeness (QED) is 0.755. The summed E-state index contributed by atoms with van der Waals surface area (Å²) in [6, 6.07) is 13.8. The zero-order valence-electron chi connectivity index (χ0n) is 18.5. The van der Waals surface area contributed by atoms with E-state index in [4.69, 9.17) is 17.3 Å². The predicted octanol–water partition coefficient (Wildman–Crippen LogP) is 3.30. The molecule has 3 amide bonds. The highest BCUT2D eigenvalue weighted by atomic mass is 35.5. The second-order valence-electron chi connectivity index (χ2n) is 8.61. The maximum absolute atomic E-state index is 12.7. The van der Waals surface area contributed by atoms with Gasteiger partial charge in [0.1, 0.15) is 0 Å². The third-order valence-corrected chi connectivity index (χ3v) is 6.94. The van der Waals surface area contributed by atoms with Gasteiger partial charge in [0.25, 0.3) is 0 Å². The number of hydrogen-bond acceptors (Lipinski definition) is 3. The molecule has 4 rings (SSSR count). The number of anilines is 1. The van der Waals surface area contributed by atoms with Crippen LogP contribution in [0.5, 0.6) is 0 Å². The average Bonchev–Trinajstić information content (AvgIpc) is 2.82. The minimum atomic E-state index is -0.377. The number of halogens is 1. The molecular weight excluding hydrogens is 424 g/mol. The Bertz CT molecular complexity index is 970. The second-order valence-corrected chi connectivity index (χ2v) is 9.04. The van der Waals surface area contributed by atoms with Crippen molar-refractivity contribution >= 4 is 29.2 Å². The largest absolute Gasteiger partial charge is 0.368 e. The zero-order chi connectivity index (χ0) is 22.7. The van der Waals surface area contributed by atoms with Crippen LogP contribution in [-0.2, 0) is 24.1 Å². The normalized spacial score (nSPS) is 18.2. The van der Waals surface area contributed by atoms with Gasteiger partial charge in [-0.1, -0.05) is 35.9 Å². The molecule has 2 aromatic rings. The van der Waals surface area contributed by atoms with Crippen LogP contribution >= 0.6 is 11.6 Å². The summed E-state index contributed by atoms with van der Waals surface area (Å²) in [7, 11) is 1.78. The van der Waals surface area contributed by atoms with Crippen LogP contribution in [0, 0.1) is 6.42 Å². The van der Waals surface area contributed by atoms with E-state index < -0.39 is 0 Å². The molecule has 0 bridgehead atoms. The van der Waals surface area contributed by atoms with Crippen molar-refractivity contribution in [1.82, 2.24) is 9.80 Å². The molecule has 1 radical (unpaired) electrons. The van der Waals surface area contributed by atoms with Gasteiger partial charge in [0.2, 0.25) is 5.91 Å². The lowest BCUT2D eigenvalue weighted by Gasteiger charge is -2.39. The van der Waals surface area contributed by atoms with Gasteiger partial charge in [-0.25, -0.2) is 4.79 Å². The number of nitrogens with two attached hydrogens (primary N) is 1. The minimum Gasteiger partial charge on any atom is -0.368 e. The summed E-state index contributed by atoms with van der Waals surface area (Å²) in [4.78, 5) is 30.3. The van der Waals surface area contributed by atoms with Crippen LogP contribution in [0.1, 0.15) is 23.1 Å². The van der Waals surface area contributed by atoms with E-state index in [0.29, 0.717) is 24.5 Å². The Hall–Kier alpha value is -2.73. The number of fused-ring (bicyclic) bond motifs is 1. The molecule has 1 aliphatic carbocycles. The molecule has 0 aromatic heterocycles. The maximum Gasteiger partial charge on any atom is 0.314 e. The van der Waals surface area contributed by atoms with Crippen LogP contribution in [0.15, 0.2) is 42.5 Å². The number of aryl methyl sites for hydroxylation is 1. The first kappa shape index (κ1) is 22.5. The van der Waals surface area contributed by atoms with Gasteiger partial charge < -0.3 is 20.4 Å². The van der Waals surface area contributed by atoms with Gasteiger partial charge in [-0.2, -0.15) is 0 Å². The fourth-order valence-electron chi connectivity index (χ4n) is 4.68. The number of amides is 3. The van der Waals surface area contributed by atoms with Gasteiger partial charge in [0.15, 0.2) is 0 Å². The topological polar surface area (TPSA) is 69.9 Å². The Morgan fingerprint density at radius 3 is 2.53 bits per heavy atom. The fraction of sp³-hybridized carbons (Fsp3) is 0.400. The molecule has 2 aromatic carbocycles. The summed E-state index contributed by atoms with van der Waals surface area (Å²) >= 11 is 5.93. The van der Waals surface area contributed by atoms with Gasteiger partial charge in [-0.05, 0) is 60.6 Å². The van der Waals surface area contributed by atoms with Crippen molar-refractivity contribution < 1.29 is 9.59 Å². The van der Waals surface area contributed by atoms with Gasteiger partial charge >= 0.3 is 6.03 Å². The number of nitrogens with zero attached hydrogens (tertiary/aromatic N) is 3. The van der Waals surface area contributed by atoms with Crippen molar-refractivity contribution in [2.75, 3.05) is 38.1 Å². The number of primary amides is 1. The number of benzene rings is 2. The van der Waals surface area contributed by atoms with Crippen molar-refractivity contribution in [2.45, 2.75) is 31.7 Å². The van der Waals surface area contributed by atoms with Crippen molar-refractivity contribution in [3.05, 3.63) is 70.6 Å². The Balaban J connectivity index is 1.36. The molecule has 2 N–H and O–H groups in total. The molecule has 1 fully saturated rings. The summed E-state index contributed by atoms with van der Waals surface area (Å²) in [5.41, 5.74) is 10.5. The molecule has 169 valence electrons. The van der Waals surface area contributed by atoms with Crippen LogP contribution < -0.4 is 10.6 Å². The van der Waals surface area contributed by atoms with Crippen LogP contribution in [0.3, 0.4) is 0 Å². The van der Waals surface area contributed by atoms with Crippen molar-refractivity contribution in [1.29, 1.82) is 0 Å². The van der Waals surface area contributed by atoms with Gasteiger partial charge in [-0.15, -0.1) is 0 Å². The molecule has 0 spiro atoms. The van der Waals surface area contributed by atoms with E-state index in [2.05, 4.69) is 23.1 Å². The molecule has 2 aliphatic rings. The first-order chi connectivity index (χ1) is 15.4. The molecule has 32 heavy (non-hydrogen) atoms. The predicted molar refractivity (Wildman–Crippen MR) is 128 cm³/mol. The van der Waals surface area contributed by atoms with E-state index >= 15 is 0 Å². The van der Waals surface area contributed by atoms with E-state index in [1.165, 1.54) is 16.8 Å². The molecule has 1 saturated heterocycles. The second kappa shape index (κ2) is 9.82. The molecule has 1 unspecified atom stereocenters. The first-order valence-corrected chi connectivity index (χ1v) is 11.5. The van der Waals surface area contributed by atoms with E-state index in [1.54, 1.807) is 18.4 Å². The van der Waals surface area contributed by atoms with E-state index in [1.807, 2.05) is 29.2 Å². The third kappa shape index (κ3) is 5.01. The number of likely N-dealkylation sites (N-methyl/N-ethyl adjacent to an activating group) is 1. The molecule has 1 atom stereocenters. The molecular formula is C25H30ClN4O2. The average molecular weight is 454 g/mol. The highest BCUT2D eigenvalue weighted by Gasteiger charge is 2.28. The highest BCUT2D eigenvalue weighted by Crippen LogP contribution is 2.32. The standard InChI is InChI=1S/C25H30ClN4O2/c1-28(25(27)32)21-11-8-19-3-2-4-23(22(19)17-21)29-13-15-30(16-14-29)24(31)12-7-18-5-9-20(26)10-6-18/h2-6,9-10,12,21H,7-8,11,13-17H2,1H3,(H2,27,32). The summed E-state index contributed by atoms with van der Waals surface area (Å²) < 4.78 is 0. The number of rotatable bonds is 5. The fourth-order valence-corrected chi connectivity index (χ4v) is 4.81. The number of urea groups is 1. The molecule has 0 saturated carbocycles. The van der Waals surface area contributed by atoms with E-state index in [9.17, 15) is 9.59 Å². The van der Waals surface area contributed by atoms with Crippen LogP contribution in [-0.4, -0.2) is 61.0 Å². The van der Waals surface area contributed by atoms with Gasteiger partial charge in [0.05, 0.1) is 6.42 Å². The van der Waals surface area contributed by atoms with Gasteiger partial charge in [-0.3, -0.25) is 4.79 Å². The van der Waals surface area contributed by atoms with Crippen LogP contribution in [0.25, 0.3) is 0 Å². The number of carbonyl (C=O) groups excluding carboxylic acids is 2. The van der Waals surface area contributed by atoms with E-state index in [0.717, 1.165) is 37.9 Å². The summed E-state index contributed by atoms with van der Waals surface area (Å²) in [6.45, 7) is 3.00. The lowest BCUT2D eigenvalue weighted by molar-refractivity contribution is -0.127. The van der Waals surface area contributed by atoms with Crippen LogP contribution in [0.4, 0.5) is 10.5 Å². The maximum atomic E-state index is 12.7. The molecule has 7 heteroatoms. The Morgan fingerprint density at radius 2 is 1.84 bits per heavy atom. The van der Waals surface area contributed by atoms with Crippen LogP contribution in [0.2, 0.25) is 5.02 Å². The molecule has 1 heterocycles. The molecule has 6 nitrogen and oxygen atoms in total. The lowest BCUT2D eigenvalue weighted by Crippen LogP contribution is -2.49. The monoisotopic (exact) mass is 453 g/mol. The number of piperazine rings is 1. The highest BCUT2D eigenvalue weighted by molar-refractivity contribution is 6.30. The SMILES string of the molecule is CN(C(N)=O)C1CCc2cccc(N3CCN(C(=O)[CH]Cc4ccc(Cl)cc4)CC3)c2C1. The number of carbonyl (C=O) groups is 2. The summed E-state index contributed by atoms with van der Waals surface area (Å²) in [5, 5.41) is 0.701. The van der Waals surface area contributed by atoms with E-state index in [-0.39, 0.29) is 18.0 Å². The Labute approximate surface area is 194 Å². The van der Waals surface area contributed by atoms with Crippen molar-refractivity contribution in [2.24, 2.45) is 5.73 Å². The summed E-state index contributed by atoms with van der Waals surface area (Å²) in [5.74, 6) is 0.0813. The van der Waals surface area contributed by atoms with Gasteiger partial charge in [0, 0.05) is 50.0 Å². The Morgan fingerprint density at radius 1 is 1.12 bits per heavy atom. The van der Waals surface area contributed by atoms with Crippen molar-refractivity contribution in [3.8, 4) is 0 Å².